The van der Waals surface area contributed by atoms with Gasteiger partial charge in [0.25, 0.3) is 5.91 Å². The van der Waals surface area contributed by atoms with Crippen molar-refractivity contribution in [2.24, 2.45) is 5.10 Å². The fourth-order valence-corrected chi connectivity index (χ4v) is 2.51. The number of carbonyl (C=O) groups excluding carboxylic acids is 1. The van der Waals surface area contributed by atoms with E-state index in [1.54, 1.807) is 12.1 Å². The van der Waals surface area contributed by atoms with Crippen LogP contribution in [0.4, 0.5) is 0 Å². The number of ether oxygens (including phenoxy) is 1. The van der Waals surface area contributed by atoms with E-state index in [9.17, 15) is 4.79 Å². The van der Waals surface area contributed by atoms with Gasteiger partial charge in [-0.05, 0) is 41.3 Å². The van der Waals surface area contributed by atoms with Crippen LogP contribution in [-0.4, -0.2) is 33.8 Å². The maximum Gasteiger partial charge on any atom is 0.278 e. The molecule has 0 aliphatic rings. The molecule has 0 spiro atoms. The fourth-order valence-electron chi connectivity index (χ4n) is 1.79. The van der Waals surface area contributed by atoms with E-state index in [-0.39, 0.29) is 12.4 Å². The van der Waals surface area contributed by atoms with E-state index in [1.807, 2.05) is 11.4 Å². The number of fused-ring (bicyclic) bond motifs is 1. The molecule has 23 heavy (non-hydrogen) atoms. The van der Waals surface area contributed by atoms with Crippen LogP contribution in [0.1, 0.15) is 5.56 Å². The molecule has 1 amide bonds. The number of rotatable bonds is 5. The number of thiophene rings is 1. The van der Waals surface area contributed by atoms with Gasteiger partial charge in [-0.2, -0.15) is 5.10 Å². The Morgan fingerprint density at radius 3 is 2.96 bits per heavy atom. The van der Waals surface area contributed by atoms with Gasteiger partial charge in [0.1, 0.15) is 16.9 Å². The zero-order valence-electron chi connectivity index (χ0n) is 11.8. The highest BCUT2D eigenvalue weighted by Gasteiger charge is 2.08. The molecule has 0 fully saturated rings. The summed E-state index contributed by atoms with van der Waals surface area (Å²) in [5.41, 5.74) is 3.11. The van der Waals surface area contributed by atoms with E-state index in [0.717, 1.165) is 15.8 Å². The quantitative estimate of drug-likeness (QED) is 0.551. The summed E-state index contributed by atoms with van der Waals surface area (Å²) in [7, 11) is 0. The number of nitrogens with zero attached hydrogens (tertiary/aromatic N) is 3. The zero-order valence-corrected chi connectivity index (χ0v) is 12.7. The van der Waals surface area contributed by atoms with Crippen LogP contribution in [0.25, 0.3) is 10.2 Å². The van der Waals surface area contributed by atoms with Crippen molar-refractivity contribution in [3.05, 3.63) is 47.6 Å². The first kappa shape index (κ1) is 14.9. The van der Waals surface area contributed by atoms with Crippen LogP contribution in [0.2, 0.25) is 0 Å². The van der Waals surface area contributed by atoms with Crippen molar-refractivity contribution < 1.29 is 14.6 Å². The highest BCUT2D eigenvalue weighted by atomic mass is 32.1. The molecule has 2 N–H and O–H groups in total. The molecular weight excluding hydrogens is 316 g/mol. The largest absolute Gasteiger partial charge is 0.508 e. The minimum atomic E-state index is -0.401. The van der Waals surface area contributed by atoms with Gasteiger partial charge < -0.3 is 9.84 Å². The van der Waals surface area contributed by atoms with Crippen molar-refractivity contribution >= 4 is 33.7 Å². The third-order valence-electron chi connectivity index (χ3n) is 2.86. The number of hydrazone groups is 1. The van der Waals surface area contributed by atoms with Gasteiger partial charge in [0.2, 0.25) is 5.88 Å². The Kier molecular flexibility index (Phi) is 4.44. The average Bonchev–Trinajstić information content (AvgIpc) is 3.04. The van der Waals surface area contributed by atoms with E-state index in [1.165, 1.54) is 36.0 Å². The number of aromatic hydroxyl groups is 1. The van der Waals surface area contributed by atoms with Gasteiger partial charge in [-0.1, -0.05) is 0 Å². The summed E-state index contributed by atoms with van der Waals surface area (Å²) >= 11 is 1.48. The predicted molar refractivity (Wildman–Crippen MR) is 86.8 cm³/mol. The Labute approximate surface area is 135 Å². The molecule has 3 aromatic rings. The number of aromatic nitrogens is 2. The van der Waals surface area contributed by atoms with Gasteiger partial charge in [-0.15, -0.1) is 11.3 Å². The van der Waals surface area contributed by atoms with Gasteiger partial charge in [-0.3, -0.25) is 4.79 Å². The SMILES string of the molecule is O=C(COc1ncnc2sccc12)N/N=C/c1ccc(O)cc1. The Morgan fingerprint density at radius 2 is 2.13 bits per heavy atom. The number of phenolic OH excluding ortho intramolecular Hbond substituents is 1. The highest BCUT2D eigenvalue weighted by Crippen LogP contribution is 2.25. The number of benzene rings is 1. The van der Waals surface area contributed by atoms with Crippen LogP contribution in [0, 0.1) is 0 Å². The third-order valence-corrected chi connectivity index (χ3v) is 3.68. The number of hydrogen-bond acceptors (Lipinski definition) is 7. The highest BCUT2D eigenvalue weighted by molar-refractivity contribution is 7.16. The van der Waals surface area contributed by atoms with Crippen molar-refractivity contribution in [2.45, 2.75) is 0 Å². The maximum absolute atomic E-state index is 11.7. The summed E-state index contributed by atoms with van der Waals surface area (Å²) < 4.78 is 5.39. The van der Waals surface area contributed by atoms with Gasteiger partial charge in [-0.25, -0.2) is 15.4 Å². The van der Waals surface area contributed by atoms with Crippen molar-refractivity contribution in [2.75, 3.05) is 6.61 Å². The molecule has 0 aliphatic carbocycles. The van der Waals surface area contributed by atoms with Crippen LogP contribution in [0.15, 0.2) is 47.1 Å². The number of nitrogens with one attached hydrogen (secondary N) is 1. The lowest BCUT2D eigenvalue weighted by Crippen LogP contribution is -2.24. The third kappa shape index (κ3) is 3.80. The maximum atomic E-state index is 11.7. The van der Waals surface area contributed by atoms with Crippen molar-refractivity contribution in [3.63, 3.8) is 0 Å². The Balaban J connectivity index is 1.53. The summed E-state index contributed by atoms with van der Waals surface area (Å²) in [4.78, 5) is 20.6. The molecule has 1 aromatic carbocycles. The number of hydrogen-bond donors (Lipinski definition) is 2. The van der Waals surface area contributed by atoms with Crippen LogP contribution < -0.4 is 10.2 Å². The Hall–Kier alpha value is -3.00. The minimum absolute atomic E-state index is 0.171. The van der Waals surface area contributed by atoms with Crippen LogP contribution in [-0.2, 0) is 4.79 Å². The molecule has 0 saturated carbocycles. The van der Waals surface area contributed by atoms with Crippen molar-refractivity contribution in [1.82, 2.24) is 15.4 Å². The molecule has 0 aliphatic heterocycles. The zero-order chi connectivity index (χ0) is 16.1. The fraction of sp³-hybridized carbons (Fsp3) is 0.0667. The summed E-state index contributed by atoms with van der Waals surface area (Å²) in [5, 5.41) is 15.6. The molecule has 2 aromatic heterocycles. The summed E-state index contributed by atoms with van der Waals surface area (Å²) in [6, 6.07) is 8.27. The molecule has 2 heterocycles. The second kappa shape index (κ2) is 6.84. The average molecular weight is 328 g/mol. The smallest absolute Gasteiger partial charge is 0.278 e. The standard InChI is InChI=1S/C15H12N4O3S/c20-11-3-1-10(2-4-11)7-18-19-13(21)8-22-14-12-5-6-23-15(12)17-9-16-14/h1-7,9,20H,8H2,(H,19,21)/b18-7+. The molecule has 0 atom stereocenters. The van der Waals surface area contributed by atoms with E-state index < -0.39 is 5.91 Å². The van der Waals surface area contributed by atoms with Crippen LogP contribution in [0.5, 0.6) is 11.6 Å². The normalized spacial score (nSPS) is 11.0. The van der Waals surface area contributed by atoms with Crippen LogP contribution >= 0.6 is 11.3 Å². The second-order valence-electron chi connectivity index (χ2n) is 4.49. The van der Waals surface area contributed by atoms with Gasteiger partial charge in [0.05, 0.1) is 11.6 Å². The first-order chi connectivity index (χ1) is 11.2. The lowest BCUT2D eigenvalue weighted by molar-refractivity contribution is -0.123. The summed E-state index contributed by atoms with van der Waals surface area (Å²) in [6.07, 6.45) is 2.87. The minimum Gasteiger partial charge on any atom is -0.508 e. The molecule has 8 heteroatoms. The van der Waals surface area contributed by atoms with Gasteiger partial charge in [0.15, 0.2) is 6.61 Å². The van der Waals surface area contributed by atoms with Crippen LogP contribution in [0.3, 0.4) is 0 Å². The van der Waals surface area contributed by atoms with Gasteiger partial charge in [0, 0.05) is 0 Å². The monoisotopic (exact) mass is 328 g/mol. The Morgan fingerprint density at radius 1 is 1.30 bits per heavy atom. The molecular formula is C15H12N4O3S. The first-order valence-electron chi connectivity index (χ1n) is 6.64. The molecule has 0 bridgehead atoms. The van der Waals surface area contributed by atoms with Crippen molar-refractivity contribution in [3.8, 4) is 11.6 Å². The first-order valence-corrected chi connectivity index (χ1v) is 7.52. The topological polar surface area (TPSA) is 96.7 Å². The molecule has 0 radical (unpaired) electrons. The predicted octanol–water partition coefficient (Wildman–Crippen LogP) is 1.93. The second-order valence-corrected chi connectivity index (χ2v) is 5.39. The van der Waals surface area contributed by atoms with E-state index in [0.29, 0.717) is 5.88 Å². The molecule has 3 rings (SSSR count). The number of carbonyl (C=O) groups is 1. The molecule has 0 saturated heterocycles. The van der Waals surface area contributed by atoms with E-state index >= 15 is 0 Å². The summed E-state index contributed by atoms with van der Waals surface area (Å²) in [6.45, 7) is -0.200. The Bertz CT molecular complexity index is 845. The number of phenols is 1. The molecule has 7 nitrogen and oxygen atoms in total. The molecule has 116 valence electrons. The van der Waals surface area contributed by atoms with E-state index in [4.69, 9.17) is 9.84 Å². The number of amides is 1. The van der Waals surface area contributed by atoms with Crippen molar-refractivity contribution in [1.29, 1.82) is 0 Å². The lowest BCUT2D eigenvalue weighted by atomic mass is 10.2. The molecule has 0 unspecified atom stereocenters. The van der Waals surface area contributed by atoms with Gasteiger partial charge >= 0.3 is 0 Å². The summed E-state index contributed by atoms with van der Waals surface area (Å²) in [5.74, 6) is 0.139. The van der Waals surface area contributed by atoms with E-state index in [2.05, 4.69) is 20.5 Å². The lowest BCUT2D eigenvalue weighted by Gasteiger charge is -2.04.